The average Bonchev–Trinajstić information content (AvgIpc) is 3.24. The molecule has 0 aliphatic carbocycles. The molecule has 1 N–H and O–H groups in total. The third-order valence-electron chi connectivity index (χ3n) is 5.68. The van der Waals surface area contributed by atoms with E-state index in [0.29, 0.717) is 45.1 Å². The zero-order valence-electron chi connectivity index (χ0n) is 19.1. The number of rotatable bonds is 8. The van der Waals surface area contributed by atoms with Crippen LogP contribution in [0.25, 0.3) is 0 Å². The van der Waals surface area contributed by atoms with Crippen molar-refractivity contribution in [3.05, 3.63) is 86.9 Å². The van der Waals surface area contributed by atoms with Crippen LogP contribution in [0.3, 0.4) is 0 Å². The molecule has 10 heteroatoms. The van der Waals surface area contributed by atoms with Crippen LogP contribution in [0, 0.1) is 6.92 Å². The van der Waals surface area contributed by atoms with Crippen molar-refractivity contribution in [2.75, 3.05) is 18.2 Å². The predicted molar refractivity (Wildman–Crippen MR) is 143 cm³/mol. The van der Waals surface area contributed by atoms with Gasteiger partial charge < -0.3 is 4.74 Å². The molecule has 0 saturated carbocycles. The topological polar surface area (TPSA) is 71.0 Å². The first-order valence-electron chi connectivity index (χ1n) is 11.0. The number of hydrogen-bond acceptors (Lipinski definition) is 5. The lowest BCUT2D eigenvalue weighted by atomic mass is 10.0. The number of nitrogens with zero attached hydrogens (tertiary/aromatic N) is 2. The van der Waals surface area contributed by atoms with Gasteiger partial charge in [0.2, 0.25) is 10.0 Å². The second-order valence-electron chi connectivity index (χ2n) is 8.02. The molecule has 0 spiro atoms. The minimum Gasteiger partial charge on any atom is -0.494 e. The maximum absolute atomic E-state index is 13.0. The van der Waals surface area contributed by atoms with Gasteiger partial charge in [0, 0.05) is 16.5 Å². The van der Waals surface area contributed by atoms with Crippen LogP contribution < -0.4 is 14.5 Å². The quantitative estimate of drug-likeness (QED) is 0.340. The van der Waals surface area contributed by atoms with Crippen molar-refractivity contribution in [1.29, 1.82) is 0 Å². The molecule has 0 aromatic heterocycles. The first kappa shape index (κ1) is 25.8. The van der Waals surface area contributed by atoms with E-state index in [1.54, 1.807) is 37.3 Å². The average molecular weight is 553 g/mol. The van der Waals surface area contributed by atoms with Crippen molar-refractivity contribution in [2.24, 2.45) is 5.10 Å². The molecule has 0 saturated heterocycles. The maximum atomic E-state index is 13.0. The smallest absolute Gasteiger partial charge is 0.241 e. The normalized spacial score (nSPS) is 15.9. The van der Waals surface area contributed by atoms with Gasteiger partial charge in [-0.1, -0.05) is 53.0 Å². The van der Waals surface area contributed by atoms with E-state index in [4.69, 9.17) is 44.6 Å². The highest BCUT2D eigenvalue weighted by Crippen LogP contribution is 2.40. The second-order valence-corrected chi connectivity index (χ2v) is 11.0. The number of halogens is 3. The van der Waals surface area contributed by atoms with Crippen molar-refractivity contribution in [1.82, 2.24) is 4.72 Å². The highest BCUT2D eigenvalue weighted by molar-refractivity contribution is 7.89. The van der Waals surface area contributed by atoms with E-state index in [0.717, 1.165) is 11.3 Å². The van der Waals surface area contributed by atoms with Gasteiger partial charge in [-0.3, -0.25) is 5.01 Å². The summed E-state index contributed by atoms with van der Waals surface area (Å²) in [6, 6.07) is 17.6. The molecule has 3 aromatic rings. The molecule has 1 atom stereocenters. The molecule has 184 valence electrons. The van der Waals surface area contributed by atoms with Crippen molar-refractivity contribution >= 4 is 56.2 Å². The first-order chi connectivity index (χ1) is 16.7. The van der Waals surface area contributed by atoms with Crippen molar-refractivity contribution in [2.45, 2.75) is 31.2 Å². The Morgan fingerprint density at radius 1 is 1.06 bits per heavy atom. The summed E-state index contributed by atoms with van der Waals surface area (Å²) in [6.07, 6.45) is 0.504. The van der Waals surface area contributed by atoms with E-state index < -0.39 is 10.0 Å². The van der Waals surface area contributed by atoms with Gasteiger partial charge >= 0.3 is 0 Å². The van der Waals surface area contributed by atoms with Gasteiger partial charge in [-0.2, -0.15) is 5.10 Å². The fourth-order valence-corrected chi connectivity index (χ4v) is 5.92. The number of anilines is 1. The number of ether oxygens (including phenoxy) is 1. The summed E-state index contributed by atoms with van der Waals surface area (Å²) in [5.74, 6) is 0.774. The summed E-state index contributed by atoms with van der Waals surface area (Å²) in [7, 11) is -3.78. The molecular weight excluding hydrogens is 529 g/mol. The molecule has 0 radical (unpaired) electrons. The molecule has 0 bridgehead atoms. The van der Waals surface area contributed by atoms with Crippen molar-refractivity contribution in [3.63, 3.8) is 0 Å². The second kappa shape index (κ2) is 10.8. The molecule has 6 nitrogen and oxygen atoms in total. The largest absolute Gasteiger partial charge is 0.494 e. The van der Waals surface area contributed by atoms with Crippen LogP contribution in [0.15, 0.2) is 70.7 Å². The molecule has 3 aromatic carbocycles. The molecule has 1 aliphatic heterocycles. The van der Waals surface area contributed by atoms with E-state index in [1.807, 2.05) is 36.2 Å². The van der Waals surface area contributed by atoms with Gasteiger partial charge in [0.25, 0.3) is 0 Å². The molecular formula is C25H24Cl3N3O3S. The lowest BCUT2D eigenvalue weighted by molar-refractivity contribution is 0.340. The number of sulfonamides is 1. The third kappa shape index (κ3) is 5.76. The van der Waals surface area contributed by atoms with Crippen LogP contribution >= 0.6 is 34.8 Å². The zero-order chi connectivity index (χ0) is 25.2. The summed E-state index contributed by atoms with van der Waals surface area (Å²) in [6.45, 7) is 4.23. The molecule has 35 heavy (non-hydrogen) atoms. The SMILES string of the molecule is CCOc1ccc(C2CC(CNS(=O)(=O)c3cccc(Cl)c3C)=NN2c2ccc(Cl)cc2Cl)cc1. The summed E-state index contributed by atoms with van der Waals surface area (Å²) in [4.78, 5) is 0.143. The van der Waals surface area contributed by atoms with Crippen LogP contribution in [-0.4, -0.2) is 27.3 Å². The van der Waals surface area contributed by atoms with E-state index in [2.05, 4.69) is 4.72 Å². The van der Waals surface area contributed by atoms with Gasteiger partial charge in [0.15, 0.2) is 0 Å². The number of hydrogen-bond donors (Lipinski definition) is 1. The Balaban J connectivity index is 1.62. The van der Waals surface area contributed by atoms with Crippen LogP contribution in [0.4, 0.5) is 5.69 Å². The van der Waals surface area contributed by atoms with Crippen LogP contribution in [0.5, 0.6) is 5.75 Å². The summed E-state index contributed by atoms with van der Waals surface area (Å²) in [5, 5.41) is 7.91. The van der Waals surface area contributed by atoms with E-state index in [-0.39, 0.29) is 17.5 Å². The molecule has 0 fully saturated rings. The minimum absolute atomic E-state index is 0.0452. The maximum Gasteiger partial charge on any atom is 0.241 e. The van der Waals surface area contributed by atoms with Crippen LogP contribution in [0.1, 0.15) is 30.5 Å². The number of hydrazone groups is 1. The minimum atomic E-state index is -3.78. The van der Waals surface area contributed by atoms with E-state index in [1.165, 1.54) is 6.07 Å². The number of benzene rings is 3. The van der Waals surface area contributed by atoms with Gasteiger partial charge in [-0.25, -0.2) is 13.1 Å². The van der Waals surface area contributed by atoms with Crippen LogP contribution in [0.2, 0.25) is 15.1 Å². The Kier molecular flexibility index (Phi) is 7.93. The van der Waals surface area contributed by atoms with Gasteiger partial charge in [0.1, 0.15) is 5.75 Å². The predicted octanol–water partition coefficient (Wildman–Crippen LogP) is 6.64. The summed E-state index contributed by atoms with van der Waals surface area (Å²) < 4.78 is 34.2. The summed E-state index contributed by atoms with van der Waals surface area (Å²) in [5.41, 5.74) is 2.83. The Hall–Kier alpha value is -2.29. The van der Waals surface area contributed by atoms with E-state index in [9.17, 15) is 8.42 Å². The molecule has 1 heterocycles. The Bertz CT molecular complexity index is 1360. The van der Waals surface area contributed by atoms with Gasteiger partial charge in [-0.05, 0) is 67.4 Å². The van der Waals surface area contributed by atoms with E-state index >= 15 is 0 Å². The highest BCUT2D eigenvalue weighted by atomic mass is 35.5. The standard InChI is InChI=1S/C25H24Cl3N3O3S/c1-3-34-20-10-7-17(8-11-20)24-14-19(30-31(24)23-12-9-18(26)13-22(23)28)15-29-35(32,33)25-6-4-5-21(27)16(25)2/h4-13,24,29H,3,14-15H2,1-2H3. The third-order valence-corrected chi connectivity index (χ3v) is 8.17. The monoisotopic (exact) mass is 551 g/mol. The van der Waals surface area contributed by atoms with Crippen molar-refractivity contribution in [3.8, 4) is 5.75 Å². The summed E-state index contributed by atoms with van der Waals surface area (Å²) >= 11 is 18.7. The lowest BCUT2D eigenvalue weighted by Gasteiger charge is -2.25. The fourth-order valence-electron chi connectivity index (χ4n) is 3.92. The van der Waals surface area contributed by atoms with Gasteiger partial charge in [-0.15, -0.1) is 0 Å². The first-order valence-corrected chi connectivity index (χ1v) is 13.6. The lowest BCUT2D eigenvalue weighted by Crippen LogP contribution is -2.29. The molecule has 1 aliphatic rings. The Morgan fingerprint density at radius 3 is 2.49 bits per heavy atom. The molecule has 4 rings (SSSR count). The highest BCUT2D eigenvalue weighted by Gasteiger charge is 2.31. The number of nitrogens with one attached hydrogen (secondary N) is 1. The Labute approximate surface area is 220 Å². The Morgan fingerprint density at radius 2 is 1.80 bits per heavy atom. The van der Waals surface area contributed by atoms with Crippen LogP contribution in [-0.2, 0) is 10.0 Å². The molecule has 1 unspecified atom stereocenters. The van der Waals surface area contributed by atoms with Gasteiger partial charge in [0.05, 0.1) is 40.5 Å². The molecule has 0 amide bonds. The fraction of sp³-hybridized carbons (Fsp3) is 0.240. The zero-order valence-corrected chi connectivity index (χ0v) is 22.2. The van der Waals surface area contributed by atoms with Crippen molar-refractivity contribution < 1.29 is 13.2 Å².